The summed E-state index contributed by atoms with van der Waals surface area (Å²) in [7, 11) is 0. The van der Waals surface area contributed by atoms with Gasteiger partial charge in [0.2, 0.25) is 5.88 Å². The first-order valence-electron chi connectivity index (χ1n) is 13.4. The number of nitrogens with one attached hydrogen (secondary N) is 2. The minimum Gasteiger partial charge on any atom is -0.475 e. The van der Waals surface area contributed by atoms with Crippen LogP contribution in [0.1, 0.15) is 46.6 Å². The van der Waals surface area contributed by atoms with E-state index in [-0.39, 0.29) is 30.6 Å². The summed E-state index contributed by atoms with van der Waals surface area (Å²) in [5.74, 6) is 0.0358. The third-order valence-electron chi connectivity index (χ3n) is 6.82. The molecule has 0 atom stereocenters. The lowest BCUT2D eigenvalue weighted by atomic mass is 9.78. The molecule has 3 aromatic heterocycles. The molecule has 9 nitrogen and oxygen atoms in total. The molecule has 1 aliphatic rings. The molecule has 0 spiro atoms. The van der Waals surface area contributed by atoms with E-state index in [1.807, 2.05) is 32.9 Å². The maximum Gasteiger partial charge on any atom is 0.322 e. The zero-order valence-electron chi connectivity index (χ0n) is 23.7. The quantitative estimate of drug-likeness (QED) is 0.276. The molecule has 1 aromatic carbocycles. The number of halogens is 1. The Labute approximate surface area is 232 Å². The number of β-amino-alcohol motifs (C(OH)–C–C–N with tert-alkyl or cyclic N) is 1. The molecule has 3 N–H and O–H groups in total. The van der Waals surface area contributed by atoms with Gasteiger partial charge in [0.25, 0.3) is 0 Å². The molecule has 5 rings (SSSR count). The lowest BCUT2D eigenvalue weighted by Gasteiger charge is -2.48. The van der Waals surface area contributed by atoms with E-state index in [4.69, 9.17) is 4.74 Å². The molecule has 1 aliphatic heterocycles. The van der Waals surface area contributed by atoms with Crippen molar-refractivity contribution in [2.45, 2.75) is 59.7 Å². The average molecular weight is 547 g/mol. The Balaban J connectivity index is 1.41. The summed E-state index contributed by atoms with van der Waals surface area (Å²) in [5, 5.41) is 14.3. The van der Waals surface area contributed by atoms with Crippen molar-refractivity contribution in [2.75, 3.05) is 18.4 Å². The monoisotopic (exact) mass is 546 g/mol. The number of pyridine rings is 1. The predicted octanol–water partition coefficient (Wildman–Crippen LogP) is 5.94. The van der Waals surface area contributed by atoms with Gasteiger partial charge in [0.1, 0.15) is 23.4 Å². The number of nitrogens with zero attached hydrogens (tertiary/aromatic N) is 4. The molecule has 0 aliphatic carbocycles. The van der Waals surface area contributed by atoms with E-state index in [9.17, 15) is 14.3 Å². The number of carbonyl (C=O) groups excluding carboxylic acids is 1. The van der Waals surface area contributed by atoms with Crippen LogP contribution < -0.4 is 10.1 Å². The summed E-state index contributed by atoms with van der Waals surface area (Å²) < 4.78 is 20.5. The Bertz CT molecular complexity index is 1550. The molecule has 1 fully saturated rings. The Morgan fingerprint density at radius 2 is 1.95 bits per heavy atom. The summed E-state index contributed by atoms with van der Waals surface area (Å²) in [6.07, 6.45) is 3.75. The Morgan fingerprint density at radius 3 is 2.60 bits per heavy atom. The fourth-order valence-corrected chi connectivity index (χ4v) is 5.32. The highest BCUT2D eigenvalue weighted by Gasteiger charge is 2.45. The molecule has 4 heterocycles. The molecule has 0 unspecified atom stereocenters. The smallest absolute Gasteiger partial charge is 0.322 e. The van der Waals surface area contributed by atoms with Gasteiger partial charge in [-0.2, -0.15) is 0 Å². The van der Waals surface area contributed by atoms with E-state index in [0.717, 1.165) is 11.3 Å². The topological polar surface area (TPSA) is 116 Å². The van der Waals surface area contributed by atoms with Gasteiger partial charge >= 0.3 is 6.03 Å². The van der Waals surface area contributed by atoms with Crippen molar-refractivity contribution in [2.24, 2.45) is 5.41 Å². The average Bonchev–Trinajstić information content (AvgIpc) is 3.28. The minimum atomic E-state index is -0.909. The van der Waals surface area contributed by atoms with Crippen molar-refractivity contribution in [1.82, 2.24) is 24.8 Å². The van der Waals surface area contributed by atoms with Crippen molar-refractivity contribution in [3.05, 3.63) is 54.2 Å². The van der Waals surface area contributed by atoms with Crippen LogP contribution in [-0.4, -0.2) is 60.8 Å². The summed E-state index contributed by atoms with van der Waals surface area (Å²) in [4.78, 5) is 31.0. The molecule has 10 heteroatoms. The highest BCUT2D eigenvalue weighted by atomic mass is 19.1. The third-order valence-corrected chi connectivity index (χ3v) is 6.82. The van der Waals surface area contributed by atoms with Gasteiger partial charge in [-0.15, -0.1) is 0 Å². The second-order valence-corrected chi connectivity index (χ2v) is 12.1. The van der Waals surface area contributed by atoms with E-state index in [0.29, 0.717) is 45.8 Å². The largest absolute Gasteiger partial charge is 0.475 e. The molecular weight excluding hydrogens is 511 g/mol. The number of aromatic nitrogens is 4. The fraction of sp³-hybridized carbons (Fsp3) is 0.400. The predicted molar refractivity (Wildman–Crippen MR) is 153 cm³/mol. The van der Waals surface area contributed by atoms with E-state index < -0.39 is 11.4 Å². The molecule has 2 amide bonds. The summed E-state index contributed by atoms with van der Waals surface area (Å²) in [6, 6.07) is 7.94. The number of aliphatic hydroxyl groups is 1. The van der Waals surface area contributed by atoms with Crippen molar-refractivity contribution < 1.29 is 19.0 Å². The van der Waals surface area contributed by atoms with Crippen molar-refractivity contribution in [3.8, 4) is 28.4 Å². The van der Waals surface area contributed by atoms with Crippen molar-refractivity contribution >= 4 is 22.8 Å². The van der Waals surface area contributed by atoms with Gasteiger partial charge in [-0.25, -0.2) is 24.1 Å². The van der Waals surface area contributed by atoms with Gasteiger partial charge in [0, 0.05) is 40.2 Å². The number of anilines is 1. The van der Waals surface area contributed by atoms with Gasteiger partial charge in [0.05, 0.1) is 24.9 Å². The number of ether oxygens (including phenoxy) is 1. The van der Waals surface area contributed by atoms with Crippen molar-refractivity contribution in [1.29, 1.82) is 0 Å². The molecule has 1 saturated heterocycles. The number of benzene rings is 1. The Kier molecular flexibility index (Phi) is 6.99. The van der Waals surface area contributed by atoms with Gasteiger partial charge < -0.3 is 25.0 Å². The van der Waals surface area contributed by atoms with Crippen LogP contribution in [0.4, 0.5) is 14.9 Å². The Hall–Kier alpha value is -4.05. The molecule has 0 radical (unpaired) electrons. The van der Waals surface area contributed by atoms with E-state index in [1.54, 1.807) is 12.3 Å². The molecule has 40 heavy (non-hydrogen) atoms. The number of H-pyrrole nitrogens is 1. The standard InChI is InChI=1S/C30H35FN6O3/c1-17(2)40-25-8-7-19(12-32-25)24-11-22-26(33-16-34-27(22)35-24)21-9-20(31)10-23(18(21)3)36-28(38)37-14-30(39,15-37)13-29(4,5)6/h7-12,16-17,39H,13-15H2,1-6H3,(H,36,38)(H,33,34,35). The Morgan fingerprint density at radius 1 is 1.20 bits per heavy atom. The maximum atomic E-state index is 14.9. The second kappa shape index (κ2) is 10.2. The number of rotatable bonds is 6. The van der Waals surface area contributed by atoms with E-state index in [2.05, 4.69) is 46.0 Å². The van der Waals surface area contributed by atoms with Crippen LogP contribution in [0, 0.1) is 18.2 Å². The number of amides is 2. The number of carbonyl (C=O) groups is 1. The lowest BCUT2D eigenvalue weighted by Crippen LogP contribution is -2.65. The van der Waals surface area contributed by atoms with Gasteiger partial charge in [-0.3, -0.25) is 0 Å². The summed E-state index contributed by atoms with van der Waals surface area (Å²) in [6.45, 7) is 12.3. The van der Waals surface area contributed by atoms with Gasteiger partial charge in [-0.05, 0) is 62.4 Å². The van der Waals surface area contributed by atoms with Crippen LogP contribution in [0.25, 0.3) is 33.5 Å². The normalized spacial score (nSPS) is 14.9. The van der Waals surface area contributed by atoms with Crippen LogP contribution >= 0.6 is 0 Å². The first-order chi connectivity index (χ1) is 18.8. The van der Waals surface area contributed by atoms with Crippen LogP contribution in [0.2, 0.25) is 0 Å². The minimum absolute atomic E-state index is 0.0241. The summed E-state index contributed by atoms with van der Waals surface area (Å²) in [5.41, 5.74) is 3.33. The van der Waals surface area contributed by atoms with Crippen LogP contribution in [0.5, 0.6) is 5.88 Å². The molecular formula is C30H35FN6O3. The first-order valence-corrected chi connectivity index (χ1v) is 13.4. The SMILES string of the molecule is Cc1c(NC(=O)N2CC(O)(CC(C)(C)C)C2)cc(F)cc1-c1ncnc2[nH]c(-c3ccc(OC(C)C)nc3)cc12. The lowest BCUT2D eigenvalue weighted by molar-refractivity contribution is -0.0965. The second-order valence-electron chi connectivity index (χ2n) is 12.1. The fourth-order valence-electron chi connectivity index (χ4n) is 5.32. The molecule has 0 saturated carbocycles. The van der Waals surface area contributed by atoms with Crippen LogP contribution in [0.15, 0.2) is 42.9 Å². The first kappa shape index (κ1) is 27.5. The maximum absolute atomic E-state index is 14.9. The zero-order valence-corrected chi connectivity index (χ0v) is 23.7. The third kappa shape index (κ3) is 5.77. The van der Waals surface area contributed by atoms with Crippen LogP contribution in [0.3, 0.4) is 0 Å². The van der Waals surface area contributed by atoms with E-state index in [1.165, 1.54) is 23.4 Å². The number of urea groups is 1. The number of aromatic amines is 1. The number of fused-ring (bicyclic) bond motifs is 1. The number of hydrogen-bond donors (Lipinski definition) is 3. The molecule has 210 valence electrons. The zero-order chi connectivity index (χ0) is 28.8. The highest BCUT2D eigenvalue weighted by molar-refractivity contribution is 5.97. The van der Waals surface area contributed by atoms with Crippen LogP contribution in [-0.2, 0) is 0 Å². The van der Waals surface area contributed by atoms with E-state index >= 15 is 0 Å². The molecule has 4 aromatic rings. The highest BCUT2D eigenvalue weighted by Crippen LogP contribution is 2.37. The number of hydrogen-bond acceptors (Lipinski definition) is 6. The van der Waals surface area contributed by atoms with Gasteiger partial charge in [0.15, 0.2) is 0 Å². The summed E-state index contributed by atoms with van der Waals surface area (Å²) >= 11 is 0. The molecule has 0 bridgehead atoms. The number of likely N-dealkylation sites (tertiary alicyclic amines) is 1. The van der Waals surface area contributed by atoms with Gasteiger partial charge in [-0.1, -0.05) is 20.8 Å². The van der Waals surface area contributed by atoms with Crippen molar-refractivity contribution in [3.63, 3.8) is 0 Å².